The van der Waals surface area contributed by atoms with Crippen LogP contribution in [0.15, 0.2) is 80.8 Å². The van der Waals surface area contributed by atoms with Gasteiger partial charge in [0.05, 0.1) is 8.95 Å². The van der Waals surface area contributed by atoms with Crippen molar-refractivity contribution >= 4 is 49.8 Å². The Morgan fingerprint density at radius 2 is 1.33 bits per heavy atom. The van der Waals surface area contributed by atoms with Crippen molar-refractivity contribution in [3.63, 3.8) is 0 Å². The molecule has 1 aliphatic rings. The van der Waals surface area contributed by atoms with Crippen molar-refractivity contribution in [2.75, 3.05) is 40.9 Å². The summed E-state index contributed by atoms with van der Waals surface area (Å²) in [5.41, 5.74) is 5.72. The summed E-state index contributed by atoms with van der Waals surface area (Å²) in [6, 6.07) is 20.0. The lowest BCUT2D eigenvalue weighted by Crippen LogP contribution is -2.37. The number of ether oxygens (including phenoxy) is 4. The molecule has 0 spiro atoms. The fourth-order valence-electron chi connectivity index (χ4n) is 4.39. The van der Waals surface area contributed by atoms with Gasteiger partial charge in [-0.2, -0.15) is 0 Å². The molecule has 0 aliphatic carbocycles. The Labute approximate surface area is 246 Å². The molecule has 4 rings (SSSR count). The van der Waals surface area contributed by atoms with E-state index in [1.165, 1.54) is 11.1 Å². The predicted molar refractivity (Wildman–Crippen MR) is 161 cm³/mol. The monoisotopic (exact) mass is 655 g/mol. The van der Waals surface area contributed by atoms with Gasteiger partial charge < -0.3 is 18.9 Å². The Morgan fingerprint density at radius 1 is 0.795 bits per heavy atom. The molecule has 0 saturated carbocycles. The van der Waals surface area contributed by atoms with E-state index in [0.717, 1.165) is 37.8 Å². The Bertz CT molecular complexity index is 1310. The lowest BCUT2D eigenvalue weighted by atomic mass is 9.93. The minimum absolute atomic E-state index is 0.0437. The highest BCUT2D eigenvalue weighted by Crippen LogP contribution is 2.30. The third kappa shape index (κ3) is 8.13. The number of rotatable bonds is 10. The van der Waals surface area contributed by atoms with Gasteiger partial charge in [-0.05, 0) is 91.9 Å². The number of likely N-dealkylation sites (tertiary alicyclic amines) is 1. The van der Waals surface area contributed by atoms with Crippen molar-refractivity contribution in [1.82, 2.24) is 4.90 Å². The van der Waals surface area contributed by atoms with Gasteiger partial charge in [0.2, 0.25) is 0 Å². The van der Waals surface area contributed by atoms with Crippen molar-refractivity contribution in [2.24, 2.45) is 0 Å². The summed E-state index contributed by atoms with van der Waals surface area (Å²) in [5, 5.41) is 0. The summed E-state index contributed by atoms with van der Waals surface area (Å²) in [6.45, 7) is 4.26. The zero-order valence-electron chi connectivity index (χ0n) is 22.2. The number of piperidine rings is 1. The first-order chi connectivity index (χ1) is 18.9. The number of halogens is 2. The Balaban J connectivity index is 1.65. The summed E-state index contributed by atoms with van der Waals surface area (Å²) in [5.74, 6) is 1.40. The number of hydrogen-bond donors (Lipinski definition) is 0. The molecule has 3 aromatic carbocycles. The molecule has 3 aromatic rings. The predicted octanol–water partition coefficient (Wildman–Crippen LogP) is 7.04. The minimum atomic E-state index is 0.0437. The van der Waals surface area contributed by atoms with Gasteiger partial charge in [0.1, 0.15) is 11.5 Å². The third-order valence-electron chi connectivity index (χ3n) is 6.12. The van der Waals surface area contributed by atoms with E-state index in [0.29, 0.717) is 24.6 Å². The molecule has 1 saturated heterocycles. The molecule has 0 unspecified atom stereocenters. The molecule has 204 valence electrons. The van der Waals surface area contributed by atoms with Crippen LogP contribution < -0.4 is 9.47 Å². The van der Waals surface area contributed by atoms with Crippen molar-refractivity contribution in [1.29, 1.82) is 0 Å². The summed E-state index contributed by atoms with van der Waals surface area (Å²) in [4.78, 5) is 16.0. The van der Waals surface area contributed by atoms with Crippen molar-refractivity contribution in [3.8, 4) is 11.5 Å². The molecule has 1 aliphatic heterocycles. The molecule has 0 radical (unpaired) electrons. The highest BCUT2D eigenvalue weighted by atomic mass is 79.9. The van der Waals surface area contributed by atoms with E-state index in [9.17, 15) is 4.79 Å². The number of aryl methyl sites for hydroxylation is 1. The van der Waals surface area contributed by atoms with E-state index < -0.39 is 0 Å². The van der Waals surface area contributed by atoms with Crippen LogP contribution in [0.5, 0.6) is 11.5 Å². The van der Waals surface area contributed by atoms with Gasteiger partial charge in [-0.15, -0.1) is 0 Å². The van der Waals surface area contributed by atoms with Crippen LogP contribution in [-0.2, 0) is 20.8 Å². The molecular weight excluding hydrogens is 626 g/mol. The Hall–Kier alpha value is -2.75. The molecule has 0 atom stereocenters. The summed E-state index contributed by atoms with van der Waals surface area (Å²) in [6.07, 6.45) is 3.92. The Kier molecular flexibility index (Phi) is 10.5. The van der Waals surface area contributed by atoms with Crippen LogP contribution >= 0.6 is 31.9 Å². The summed E-state index contributed by atoms with van der Waals surface area (Å²) < 4.78 is 22.7. The fourth-order valence-corrected chi connectivity index (χ4v) is 5.41. The van der Waals surface area contributed by atoms with Crippen LogP contribution in [0.2, 0.25) is 0 Å². The first-order valence-corrected chi connectivity index (χ1v) is 14.0. The molecule has 8 heteroatoms. The number of carbonyl (C=O) groups excluding carboxylic acids is 1. The smallest absolute Gasteiger partial charge is 0.188 e. The van der Waals surface area contributed by atoms with Crippen LogP contribution in [0.1, 0.15) is 22.3 Å². The number of ketones is 1. The van der Waals surface area contributed by atoms with Gasteiger partial charge in [0, 0.05) is 45.0 Å². The number of methoxy groups -OCH3 is 2. The van der Waals surface area contributed by atoms with Gasteiger partial charge >= 0.3 is 0 Å². The molecule has 1 fully saturated rings. The van der Waals surface area contributed by atoms with Gasteiger partial charge in [-0.1, -0.05) is 42.0 Å². The second-order valence-corrected chi connectivity index (χ2v) is 11.0. The zero-order chi connectivity index (χ0) is 27.8. The fraction of sp³-hybridized carbons (Fsp3) is 0.258. The van der Waals surface area contributed by atoms with Gasteiger partial charge in [0.15, 0.2) is 19.4 Å². The summed E-state index contributed by atoms with van der Waals surface area (Å²) >= 11 is 7.13. The highest BCUT2D eigenvalue weighted by Gasteiger charge is 2.26. The molecule has 6 nitrogen and oxygen atoms in total. The topological polar surface area (TPSA) is 57.2 Å². The van der Waals surface area contributed by atoms with Gasteiger partial charge in [0.25, 0.3) is 0 Å². The quantitative estimate of drug-likeness (QED) is 0.172. The molecule has 0 bridgehead atoms. The van der Waals surface area contributed by atoms with Crippen LogP contribution in [0.4, 0.5) is 0 Å². The average Bonchev–Trinajstić information content (AvgIpc) is 2.90. The van der Waals surface area contributed by atoms with Crippen LogP contribution in [0.25, 0.3) is 12.2 Å². The van der Waals surface area contributed by atoms with E-state index in [1.54, 1.807) is 14.2 Å². The SMILES string of the molecule is COCOc1ccc(/C=C2\CN(Cc3cccc(C)c3)C/C(=C\c3ccc(OCOC)c(Br)c3)C2=O)cc1Br. The van der Waals surface area contributed by atoms with E-state index >= 15 is 0 Å². The van der Waals surface area contributed by atoms with Crippen LogP contribution in [-0.4, -0.2) is 51.6 Å². The lowest BCUT2D eigenvalue weighted by molar-refractivity contribution is -0.113. The largest absolute Gasteiger partial charge is 0.466 e. The molecule has 1 heterocycles. The molecule has 0 amide bonds. The van der Waals surface area contributed by atoms with E-state index in [2.05, 4.69) is 67.9 Å². The molecular formula is C31H31Br2NO5. The zero-order valence-corrected chi connectivity index (χ0v) is 25.4. The number of Topliss-reactive ketones (excluding diaryl/α,β-unsaturated/α-hetero) is 1. The third-order valence-corrected chi connectivity index (χ3v) is 7.36. The van der Waals surface area contributed by atoms with Crippen molar-refractivity contribution in [3.05, 3.63) is 103 Å². The molecule has 0 aromatic heterocycles. The number of carbonyl (C=O) groups is 1. The minimum Gasteiger partial charge on any atom is -0.466 e. The van der Waals surface area contributed by atoms with Crippen LogP contribution in [0, 0.1) is 6.92 Å². The number of benzene rings is 3. The van der Waals surface area contributed by atoms with E-state index in [-0.39, 0.29) is 19.4 Å². The van der Waals surface area contributed by atoms with Gasteiger partial charge in [-0.3, -0.25) is 9.69 Å². The van der Waals surface area contributed by atoms with E-state index in [1.807, 2.05) is 48.6 Å². The highest BCUT2D eigenvalue weighted by molar-refractivity contribution is 9.10. The number of hydrogen-bond acceptors (Lipinski definition) is 6. The average molecular weight is 657 g/mol. The maximum atomic E-state index is 13.7. The van der Waals surface area contributed by atoms with Crippen molar-refractivity contribution in [2.45, 2.75) is 13.5 Å². The van der Waals surface area contributed by atoms with Gasteiger partial charge in [-0.25, -0.2) is 0 Å². The standard InChI is InChI=1S/C31H31Br2NO5/c1-21-5-4-6-24(11-21)16-34-17-25(12-22-7-9-29(27(32)14-22)38-19-36-2)31(35)26(18-34)13-23-8-10-30(28(33)15-23)39-20-37-3/h4-15H,16-20H2,1-3H3/b25-12+,26-13+. The Morgan fingerprint density at radius 3 is 1.79 bits per heavy atom. The maximum absolute atomic E-state index is 13.7. The van der Waals surface area contributed by atoms with E-state index in [4.69, 9.17) is 18.9 Å². The van der Waals surface area contributed by atoms with Crippen LogP contribution in [0.3, 0.4) is 0 Å². The second-order valence-electron chi connectivity index (χ2n) is 9.28. The van der Waals surface area contributed by atoms with Crippen molar-refractivity contribution < 1.29 is 23.7 Å². The molecule has 0 N–H and O–H groups in total. The first-order valence-electron chi connectivity index (χ1n) is 12.4. The first kappa shape index (κ1) is 29.2. The molecule has 39 heavy (non-hydrogen) atoms. The second kappa shape index (κ2) is 14.1. The lowest BCUT2D eigenvalue weighted by Gasteiger charge is -2.30. The number of nitrogens with zero attached hydrogens (tertiary/aromatic N) is 1. The normalized spacial score (nSPS) is 16.2. The maximum Gasteiger partial charge on any atom is 0.188 e. The summed E-state index contributed by atoms with van der Waals surface area (Å²) in [7, 11) is 3.16.